The summed E-state index contributed by atoms with van der Waals surface area (Å²) in [7, 11) is 0. The van der Waals surface area contributed by atoms with Crippen molar-refractivity contribution in [3.05, 3.63) is 41.1 Å². The van der Waals surface area contributed by atoms with Crippen molar-refractivity contribution in [2.75, 3.05) is 29.9 Å². The molecule has 1 aliphatic carbocycles. The van der Waals surface area contributed by atoms with E-state index in [0.29, 0.717) is 6.04 Å². The molecule has 1 aromatic carbocycles. The standard InChI is InChI=1S/C26H37N5O/c1-18(2)31-16-23-24(17-31)28-26(30-13-14-32-19(3)15-30)29-25(23)27-22-11-9-21(10-12-22)20-7-5-4-6-8-20/h9-12,18-20H,4-8,13-17H2,1-3H3,(H,27,28,29)/t19-/m1/s1. The Hall–Kier alpha value is -2.18. The Balaban J connectivity index is 1.40. The molecule has 2 fully saturated rings. The molecular formula is C26H37N5O. The fourth-order valence-corrected chi connectivity index (χ4v) is 5.29. The van der Waals surface area contributed by atoms with Crippen LogP contribution >= 0.6 is 0 Å². The van der Waals surface area contributed by atoms with Crippen LogP contribution in [0.5, 0.6) is 0 Å². The normalized spacial score (nSPS) is 22.4. The van der Waals surface area contributed by atoms with Gasteiger partial charge in [0.05, 0.1) is 18.4 Å². The van der Waals surface area contributed by atoms with Crippen LogP contribution in [0.4, 0.5) is 17.5 Å². The molecule has 5 rings (SSSR count). The third kappa shape index (κ3) is 4.62. The summed E-state index contributed by atoms with van der Waals surface area (Å²) in [5.74, 6) is 2.51. The lowest BCUT2D eigenvalue weighted by Crippen LogP contribution is -2.42. The molecular weight excluding hydrogens is 398 g/mol. The number of nitrogens with zero attached hydrogens (tertiary/aromatic N) is 4. The number of ether oxygens (including phenoxy) is 1. The highest BCUT2D eigenvalue weighted by Crippen LogP contribution is 2.35. The summed E-state index contributed by atoms with van der Waals surface area (Å²) in [6.45, 7) is 10.8. The Labute approximate surface area is 192 Å². The number of fused-ring (bicyclic) bond motifs is 1. The zero-order valence-corrected chi connectivity index (χ0v) is 19.8. The predicted molar refractivity (Wildman–Crippen MR) is 130 cm³/mol. The fraction of sp³-hybridized carbons (Fsp3) is 0.615. The van der Waals surface area contributed by atoms with E-state index in [1.54, 1.807) is 0 Å². The molecule has 6 heteroatoms. The second kappa shape index (κ2) is 9.36. The number of nitrogens with one attached hydrogen (secondary N) is 1. The topological polar surface area (TPSA) is 53.5 Å². The highest BCUT2D eigenvalue weighted by atomic mass is 16.5. The Kier molecular flexibility index (Phi) is 6.33. The van der Waals surface area contributed by atoms with Crippen LogP contribution in [-0.4, -0.2) is 46.7 Å². The number of anilines is 3. The molecule has 0 spiro atoms. The number of benzene rings is 1. The van der Waals surface area contributed by atoms with Crippen molar-refractivity contribution in [1.29, 1.82) is 0 Å². The zero-order valence-electron chi connectivity index (χ0n) is 19.8. The van der Waals surface area contributed by atoms with Crippen LogP contribution in [0.2, 0.25) is 0 Å². The van der Waals surface area contributed by atoms with E-state index in [1.807, 2.05) is 0 Å². The van der Waals surface area contributed by atoms with Crippen LogP contribution in [0, 0.1) is 0 Å². The average Bonchev–Trinajstić information content (AvgIpc) is 3.25. The van der Waals surface area contributed by atoms with Crippen molar-refractivity contribution in [1.82, 2.24) is 14.9 Å². The van der Waals surface area contributed by atoms with Gasteiger partial charge >= 0.3 is 0 Å². The maximum absolute atomic E-state index is 5.74. The van der Waals surface area contributed by atoms with Gasteiger partial charge in [-0.15, -0.1) is 0 Å². The summed E-state index contributed by atoms with van der Waals surface area (Å²) in [6.07, 6.45) is 7.00. The van der Waals surface area contributed by atoms with Gasteiger partial charge in [-0.3, -0.25) is 4.90 Å². The zero-order chi connectivity index (χ0) is 22.1. The predicted octanol–water partition coefficient (Wildman–Crippen LogP) is 5.22. The summed E-state index contributed by atoms with van der Waals surface area (Å²) in [4.78, 5) is 14.8. The average molecular weight is 436 g/mol. The molecule has 172 valence electrons. The first-order valence-electron chi connectivity index (χ1n) is 12.4. The van der Waals surface area contributed by atoms with Crippen LogP contribution in [0.25, 0.3) is 0 Å². The largest absolute Gasteiger partial charge is 0.375 e. The molecule has 6 nitrogen and oxygen atoms in total. The van der Waals surface area contributed by atoms with Crippen molar-refractivity contribution in [2.45, 2.75) is 84.0 Å². The highest BCUT2D eigenvalue weighted by molar-refractivity contribution is 5.63. The number of rotatable bonds is 5. The Morgan fingerprint density at radius 2 is 1.81 bits per heavy atom. The van der Waals surface area contributed by atoms with Gasteiger partial charge in [-0.1, -0.05) is 31.4 Å². The van der Waals surface area contributed by atoms with Gasteiger partial charge in [0.25, 0.3) is 0 Å². The summed E-state index contributed by atoms with van der Waals surface area (Å²) in [5, 5.41) is 3.65. The quantitative estimate of drug-likeness (QED) is 0.695. The number of hydrogen-bond acceptors (Lipinski definition) is 6. The van der Waals surface area contributed by atoms with Crippen LogP contribution in [0.15, 0.2) is 24.3 Å². The minimum absolute atomic E-state index is 0.205. The monoisotopic (exact) mass is 435 g/mol. The molecule has 1 saturated carbocycles. The first-order chi connectivity index (χ1) is 15.6. The summed E-state index contributed by atoms with van der Waals surface area (Å²) in [6, 6.07) is 9.56. The lowest BCUT2D eigenvalue weighted by Gasteiger charge is -2.31. The van der Waals surface area contributed by atoms with Crippen LogP contribution < -0.4 is 10.2 Å². The molecule has 3 heterocycles. The minimum Gasteiger partial charge on any atom is -0.375 e. The van der Waals surface area contributed by atoms with E-state index in [1.165, 1.54) is 43.2 Å². The van der Waals surface area contributed by atoms with Crippen molar-refractivity contribution in [3.8, 4) is 0 Å². The van der Waals surface area contributed by atoms with E-state index < -0.39 is 0 Å². The summed E-state index contributed by atoms with van der Waals surface area (Å²) < 4.78 is 5.74. The van der Waals surface area contributed by atoms with Gasteiger partial charge in [0.1, 0.15) is 5.82 Å². The van der Waals surface area contributed by atoms with Crippen molar-refractivity contribution >= 4 is 17.5 Å². The number of morpholine rings is 1. The smallest absolute Gasteiger partial charge is 0.227 e. The van der Waals surface area contributed by atoms with Crippen LogP contribution in [0.3, 0.4) is 0 Å². The van der Waals surface area contributed by atoms with Crippen molar-refractivity contribution < 1.29 is 4.74 Å². The van der Waals surface area contributed by atoms with Crippen molar-refractivity contribution in [2.24, 2.45) is 0 Å². The van der Waals surface area contributed by atoms with Gasteiger partial charge in [-0.2, -0.15) is 4.98 Å². The molecule has 1 N–H and O–H groups in total. The molecule has 3 aliphatic rings. The Morgan fingerprint density at radius 3 is 2.53 bits per heavy atom. The minimum atomic E-state index is 0.205. The van der Waals surface area contributed by atoms with Gasteiger partial charge in [0.2, 0.25) is 5.95 Å². The van der Waals surface area contributed by atoms with E-state index in [-0.39, 0.29) is 6.10 Å². The van der Waals surface area contributed by atoms with Gasteiger partial charge in [-0.05, 0) is 57.2 Å². The summed E-state index contributed by atoms with van der Waals surface area (Å²) in [5.41, 5.74) is 4.98. The maximum atomic E-state index is 5.74. The molecule has 32 heavy (non-hydrogen) atoms. The SMILES string of the molecule is CC(C)N1Cc2nc(N3CCO[C@H](C)C3)nc(Nc3ccc(C4CCCCC4)cc3)c2C1. The third-order valence-electron chi connectivity index (χ3n) is 7.30. The number of hydrogen-bond donors (Lipinski definition) is 1. The Morgan fingerprint density at radius 1 is 1.03 bits per heavy atom. The van der Waals surface area contributed by atoms with Crippen LogP contribution in [-0.2, 0) is 17.8 Å². The first kappa shape index (κ1) is 21.7. The second-order valence-electron chi connectivity index (χ2n) is 10.0. The van der Waals surface area contributed by atoms with Crippen LogP contribution in [0.1, 0.15) is 75.6 Å². The molecule has 2 aromatic rings. The van der Waals surface area contributed by atoms with E-state index in [9.17, 15) is 0 Å². The molecule has 1 aromatic heterocycles. The lowest BCUT2D eigenvalue weighted by atomic mass is 9.84. The molecule has 2 aliphatic heterocycles. The third-order valence-corrected chi connectivity index (χ3v) is 7.30. The molecule has 0 radical (unpaired) electrons. The van der Waals surface area contributed by atoms with Gasteiger partial charge in [0.15, 0.2) is 0 Å². The highest BCUT2D eigenvalue weighted by Gasteiger charge is 2.29. The molecule has 0 amide bonds. The Bertz CT molecular complexity index is 923. The van der Waals surface area contributed by atoms with Gasteiger partial charge in [0, 0.05) is 43.5 Å². The fourth-order valence-electron chi connectivity index (χ4n) is 5.29. The van der Waals surface area contributed by atoms with E-state index in [4.69, 9.17) is 14.7 Å². The van der Waals surface area contributed by atoms with E-state index in [0.717, 1.165) is 61.9 Å². The molecule has 1 atom stereocenters. The molecule has 1 saturated heterocycles. The molecule has 0 unspecified atom stereocenters. The lowest BCUT2D eigenvalue weighted by molar-refractivity contribution is 0.0526. The second-order valence-corrected chi connectivity index (χ2v) is 10.0. The van der Waals surface area contributed by atoms with E-state index >= 15 is 0 Å². The van der Waals surface area contributed by atoms with E-state index in [2.05, 4.69) is 60.2 Å². The number of aromatic nitrogens is 2. The van der Waals surface area contributed by atoms with Crippen molar-refractivity contribution in [3.63, 3.8) is 0 Å². The first-order valence-corrected chi connectivity index (χ1v) is 12.4. The molecule has 0 bridgehead atoms. The van der Waals surface area contributed by atoms with Gasteiger partial charge < -0.3 is 15.0 Å². The van der Waals surface area contributed by atoms with Gasteiger partial charge in [-0.25, -0.2) is 4.98 Å². The maximum Gasteiger partial charge on any atom is 0.227 e. The summed E-state index contributed by atoms with van der Waals surface area (Å²) >= 11 is 0.